The zero-order chi connectivity index (χ0) is 6.69. The Morgan fingerprint density at radius 1 is 1.78 bits per heavy atom. The Balaban J connectivity index is 2.56. The second kappa shape index (κ2) is 2.68. The van der Waals surface area contributed by atoms with Crippen molar-refractivity contribution < 1.29 is 9.90 Å². The molecule has 48 valence electrons. The van der Waals surface area contributed by atoms with E-state index in [1.165, 1.54) is 23.5 Å². The maximum Gasteiger partial charge on any atom is 0.321 e. The maximum absolute atomic E-state index is 10.2. The Hall–Kier alpha value is -0.770. The van der Waals surface area contributed by atoms with Crippen LogP contribution in [-0.4, -0.2) is 21.9 Å². The number of aliphatic imine (C=N–C) groups is 1. The molecule has 1 rings (SSSR count). The van der Waals surface area contributed by atoms with Crippen molar-refractivity contribution >= 4 is 23.3 Å². The third-order valence-corrected chi connectivity index (χ3v) is 1.75. The van der Waals surface area contributed by atoms with Gasteiger partial charge in [0.25, 0.3) is 0 Å². The normalized spacial score (nSPS) is 24.2. The molecular formula is C5H5NO2S. The summed E-state index contributed by atoms with van der Waals surface area (Å²) in [6, 6.07) is 0. The molecule has 1 aliphatic rings. The summed E-state index contributed by atoms with van der Waals surface area (Å²) in [7, 11) is 0. The Morgan fingerprint density at radius 3 is 2.89 bits per heavy atom. The lowest BCUT2D eigenvalue weighted by molar-refractivity contribution is -0.135. The van der Waals surface area contributed by atoms with Gasteiger partial charge < -0.3 is 5.11 Å². The van der Waals surface area contributed by atoms with Gasteiger partial charge in [-0.15, -0.1) is 0 Å². The molecule has 1 N–H and O–H groups in total. The molecule has 3 nitrogen and oxygen atoms in total. The molecule has 9 heavy (non-hydrogen) atoms. The van der Waals surface area contributed by atoms with Crippen molar-refractivity contribution in [2.24, 2.45) is 4.99 Å². The molecule has 1 unspecified atom stereocenters. The molecule has 0 saturated heterocycles. The van der Waals surface area contributed by atoms with Gasteiger partial charge in [0, 0.05) is 6.20 Å². The number of carboxylic acids is 1. The van der Waals surface area contributed by atoms with Gasteiger partial charge in [-0.3, -0.25) is 9.79 Å². The fourth-order valence-electron chi connectivity index (χ4n) is 0.450. The van der Waals surface area contributed by atoms with Gasteiger partial charge in [0.2, 0.25) is 0 Å². The van der Waals surface area contributed by atoms with Gasteiger partial charge in [0.15, 0.2) is 0 Å². The van der Waals surface area contributed by atoms with Crippen LogP contribution in [-0.2, 0) is 4.79 Å². The first-order valence-corrected chi connectivity index (χ1v) is 3.31. The molecular weight excluding hydrogens is 138 g/mol. The number of rotatable bonds is 1. The summed E-state index contributed by atoms with van der Waals surface area (Å²) in [6.07, 6.45) is 3.04. The van der Waals surface area contributed by atoms with Crippen LogP contribution in [0.15, 0.2) is 17.3 Å². The summed E-state index contributed by atoms with van der Waals surface area (Å²) in [5.74, 6) is -0.817. The van der Waals surface area contributed by atoms with Crippen LogP contribution >= 0.6 is 11.8 Å². The average molecular weight is 143 g/mol. The van der Waals surface area contributed by atoms with Crippen LogP contribution in [0.25, 0.3) is 0 Å². The van der Waals surface area contributed by atoms with E-state index in [2.05, 4.69) is 4.99 Å². The van der Waals surface area contributed by atoms with E-state index in [1.54, 1.807) is 6.08 Å². The molecule has 0 fully saturated rings. The van der Waals surface area contributed by atoms with Crippen LogP contribution < -0.4 is 0 Å². The van der Waals surface area contributed by atoms with Crippen LogP contribution in [0.1, 0.15) is 0 Å². The standard InChI is InChI=1S/C5H5NO2S/c7-5(8)4-1-2-6-3-9-4/h1-4H,(H,7,8). The highest BCUT2D eigenvalue weighted by molar-refractivity contribution is 8.13. The molecule has 0 spiro atoms. The van der Waals surface area contributed by atoms with Gasteiger partial charge >= 0.3 is 5.97 Å². The van der Waals surface area contributed by atoms with E-state index >= 15 is 0 Å². The highest BCUT2D eigenvalue weighted by Crippen LogP contribution is 2.12. The molecule has 0 aliphatic carbocycles. The van der Waals surface area contributed by atoms with Crippen molar-refractivity contribution in [1.82, 2.24) is 0 Å². The van der Waals surface area contributed by atoms with Crippen LogP contribution in [0.3, 0.4) is 0 Å². The van der Waals surface area contributed by atoms with E-state index in [0.29, 0.717) is 0 Å². The van der Waals surface area contributed by atoms with Crippen molar-refractivity contribution in [3.05, 3.63) is 12.3 Å². The molecule has 0 aromatic carbocycles. The van der Waals surface area contributed by atoms with E-state index < -0.39 is 11.2 Å². The van der Waals surface area contributed by atoms with Gasteiger partial charge in [-0.1, -0.05) is 11.8 Å². The van der Waals surface area contributed by atoms with Crippen molar-refractivity contribution in [3.8, 4) is 0 Å². The minimum Gasteiger partial charge on any atom is -0.480 e. The van der Waals surface area contributed by atoms with E-state index in [1.807, 2.05) is 0 Å². The van der Waals surface area contributed by atoms with Crippen molar-refractivity contribution in [2.75, 3.05) is 0 Å². The summed E-state index contributed by atoms with van der Waals surface area (Å²) >= 11 is 1.19. The quantitative estimate of drug-likeness (QED) is 0.588. The molecule has 0 aromatic rings. The Morgan fingerprint density at radius 2 is 2.56 bits per heavy atom. The summed E-state index contributed by atoms with van der Waals surface area (Å²) in [5, 5.41) is 7.96. The minimum atomic E-state index is -0.817. The van der Waals surface area contributed by atoms with E-state index in [0.717, 1.165) is 0 Å². The van der Waals surface area contributed by atoms with Crippen molar-refractivity contribution in [2.45, 2.75) is 5.25 Å². The molecule has 0 radical (unpaired) electrons. The third kappa shape index (κ3) is 1.57. The monoisotopic (exact) mass is 143 g/mol. The number of nitrogens with zero attached hydrogens (tertiary/aromatic N) is 1. The smallest absolute Gasteiger partial charge is 0.321 e. The van der Waals surface area contributed by atoms with Gasteiger partial charge in [-0.05, 0) is 6.08 Å². The van der Waals surface area contributed by atoms with Crippen LogP contribution in [0.5, 0.6) is 0 Å². The zero-order valence-corrected chi connectivity index (χ0v) is 5.34. The topological polar surface area (TPSA) is 49.7 Å². The largest absolute Gasteiger partial charge is 0.480 e. The first-order valence-electron chi connectivity index (χ1n) is 2.37. The fraction of sp³-hybridized carbons (Fsp3) is 0.200. The van der Waals surface area contributed by atoms with Gasteiger partial charge in [0.05, 0.1) is 5.55 Å². The highest BCUT2D eigenvalue weighted by Gasteiger charge is 2.13. The number of thioether (sulfide) groups is 1. The predicted octanol–water partition coefficient (Wildman–Crippen LogP) is 0.728. The lowest BCUT2D eigenvalue weighted by atomic mass is 10.4. The van der Waals surface area contributed by atoms with Crippen molar-refractivity contribution in [3.63, 3.8) is 0 Å². The molecule has 1 atom stereocenters. The zero-order valence-electron chi connectivity index (χ0n) is 4.52. The Bertz CT molecular complexity index is 176. The lowest BCUT2D eigenvalue weighted by Crippen LogP contribution is -2.14. The Labute approximate surface area is 56.5 Å². The highest BCUT2D eigenvalue weighted by atomic mass is 32.2. The van der Waals surface area contributed by atoms with E-state index in [9.17, 15) is 4.79 Å². The average Bonchev–Trinajstić information content (AvgIpc) is 1.90. The van der Waals surface area contributed by atoms with Crippen molar-refractivity contribution in [1.29, 1.82) is 0 Å². The summed E-state index contributed by atoms with van der Waals surface area (Å²) < 4.78 is 0. The fourth-order valence-corrected chi connectivity index (χ4v) is 0.999. The van der Waals surface area contributed by atoms with E-state index in [-0.39, 0.29) is 0 Å². The number of carbonyl (C=O) groups is 1. The molecule has 1 heterocycles. The van der Waals surface area contributed by atoms with Gasteiger partial charge in [0.1, 0.15) is 5.25 Å². The molecule has 1 aliphatic heterocycles. The number of carboxylic acid groups (broad SMARTS) is 1. The predicted molar refractivity (Wildman–Crippen MR) is 36.6 cm³/mol. The summed E-state index contributed by atoms with van der Waals surface area (Å²) in [5.41, 5.74) is 1.53. The van der Waals surface area contributed by atoms with E-state index in [4.69, 9.17) is 5.11 Å². The third-order valence-electron chi connectivity index (χ3n) is 0.859. The summed E-state index contributed by atoms with van der Waals surface area (Å²) in [4.78, 5) is 13.9. The van der Waals surface area contributed by atoms with Gasteiger partial charge in [-0.25, -0.2) is 0 Å². The van der Waals surface area contributed by atoms with Crippen LogP contribution in [0.4, 0.5) is 0 Å². The van der Waals surface area contributed by atoms with Crippen LogP contribution in [0, 0.1) is 0 Å². The van der Waals surface area contributed by atoms with Crippen LogP contribution in [0.2, 0.25) is 0 Å². The molecule has 0 amide bonds. The molecule has 0 aromatic heterocycles. The van der Waals surface area contributed by atoms with Gasteiger partial charge in [-0.2, -0.15) is 0 Å². The Kier molecular flexibility index (Phi) is 1.89. The molecule has 0 saturated carbocycles. The first kappa shape index (κ1) is 6.35. The second-order valence-electron chi connectivity index (χ2n) is 1.49. The number of aliphatic carboxylic acids is 1. The summed E-state index contributed by atoms with van der Waals surface area (Å²) in [6.45, 7) is 0. The molecule has 0 bridgehead atoms. The molecule has 4 heteroatoms. The minimum absolute atomic E-state index is 0.442. The SMILES string of the molecule is O=C(O)C1C=CN=CS1. The number of hydrogen-bond acceptors (Lipinski definition) is 3. The number of hydrogen-bond donors (Lipinski definition) is 1. The lowest BCUT2D eigenvalue weighted by Gasteiger charge is -2.03. The first-order chi connectivity index (χ1) is 4.30. The second-order valence-corrected chi connectivity index (χ2v) is 2.48. The maximum atomic E-state index is 10.2.